The summed E-state index contributed by atoms with van der Waals surface area (Å²) in [5.41, 5.74) is 1.08. The predicted molar refractivity (Wildman–Crippen MR) is 54.5 cm³/mol. The Labute approximate surface area is 83.9 Å². The van der Waals surface area contributed by atoms with Crippen molar-refractivity contribution in [1.29, 1.82) is 0 Å². The Hall–Kier alpha value is -0.760. The fourth-order valence-corrected chi connectivity index (χ4v) is 1.42. The van der Waals surface area contributed by atoms with Crippen molar-refractivity contribution in [3.8, 4) is 5.88 Å². The number of pyridine rings is 1. The van der Waals surface area contributed by atoms with Crippen LogP contribution in [0.2, 0.25) is 5.02 Å². The van der Waals surface area contributed by atoms with E-state index < -0.39 is 0 Å². The number of hydrogen-bond donors (Lipinski definition) is 0. The van der Waals surface area contributed by atoms with Crippen LogP contribution in [0.15, 0.2) is 12.3 Å². The van der Waals surface area contributed by atoms with E-state index in [0.29, 0.717) is 23.4 Å². The smallest absolute Gasteiger partial charge is 0.213 e. The second-order valence-corrected chi connectivity index (χ2v) is 3.54. The summed E-state index contributed by atoms with van der Waals surface area (Å²) in [4.78, 5) is 4.06. The van der Waals surface area contributed by atoms with Crippen LogP contribution in [0, 0.1) is 0 Å². The van der Waals surface area contributed by atoms with Gasteiger partial charge in [-0.25, -0.2) is 4.98 Å². The summed E-state index contributed by atoms with van der Waals surface area (Å²) in [6.07, 6.45) is 1.64. The minimum atomic E-state index is 0.398. The van der Waals surface area contributed by atoms with Gasteiger partial charge in [-0.15, -0.1) is 0 Å². The van der Waals surface area contributed by atoms with Crippen molar-refractivity contribution >= 4 is 11.6 Å². The van der Waals surface area contributed by atoms with E-state index in [1.807, 2.05) is 13.0 Å². The number of ether oxygens (including phenoxy) is 1. The summed E-state index contributed by atoms with van der Waals surface area (Å²) in [7, 11) is 0. The van der Waals surface area contributed by atoms with Crippen LogP contribution in [0.25, 0.3) is 0 Å². The van der Waals surface area contributed by atoms with Crippen LogP contribution in [-0.4, -0.2) is 11.6 Å². The minimum absolute atomic E-state index is 0.398. The number of rotatable bonds is 3. The maximum Gasteiger partial charge on any atom is 0.213 e. The molecule has 0 aliphatic rings. The van der Waals surface area contributed by atoms with Gasteiger partial charge in [0.25, 0.3) is 0 Å². The van der Waals surface area contributed by atoms with Crippen molar-refractivity contribution in [2.45, 2.75) is 26.7 Å². The Bertz CT molecular complexity index is 286. The first-order chi connectivity index (χ1) is 6.15. The molecule has 2 nitrogen and oxygen atoms in total. The Morgan fingerprint density at radius 3 is 2.77 bits per heavy atom. The summed E-state index contributed by atoms with van der Waals surface area (Å²) in [5.74, 6) is 1.05. The molecule has 1 aromatic heterocycles. The van der Waals surface area contributed by atoms with E-state index in [-0.39, 0.29) is 0 Å². The zero-order chi connectivity index (χ0) is 9.84. The predicted octanol–water partition coefficient (Wildman–Crippen LogP) is 3.26. The van der Waals surface area contributed by atoms with Gasteiger partial charge in [0.05, 0.1) is 11.6 Å². The van der Waals surface area contributed by atoms with Crippen molar-refractivity contribution in [2.75, 3.05) is 6.61 Å². The SMILES string of the molecule is CCOc1cc(C(C)C)c(Cl)cn1. The van der Waals surface area contributed by atoms with E-state index in [1.54, 1.807) is 6.20 Å². The molecule has 1 heterocycles. The Balaban J connectivity index is 2.97. The largest absolute Gasteiger partial charge is 0.478 e. The number of halogens is 1. The summed E-state index contributed by atoms with van der Waals surface area (Å²) in [5, 5.41) is 0.707. The molecule has 0 fully saturated rings. The molecule has 3 heteroatoms. The lowest BCUT2D eigenvalue weighted by Crippen LogP contribution is -1.97. The summed E-state index contributed by atoms with van der Waals surface area (Å²) in [6, 6.07) is 1.90. The molecule has 0 aliphatic carbocycles. The first kappa shape index (κ1) is 10.3. The average Bonchev–Trinajstić information content (AvgIpc) is 2.08. The highest BCUT2D eigenvalue weighted by Crippen LogP contribution is 2.26. The van der Waals surface area contributed by atoms with Crippen LogP contribution in [0.3, 0.4) is 0 Å². The maximum absolute atomic E-state index is 5.97. The first-order valence-corrected chi connectivity index (χ1v) is 4.81. The topological polar surface area (TPSA) is 22.1 Å². The van der Waals surface area contributed by atoms with Gasteiger partial charge in [-0.2, -0.15) is 0 Å². The Morgan fingerprint density at radius 1 is 1.54 bits per heavy atom. The fraction of sp³-hybridized carbons (Fsp3) is 0.500. The van der Waals surface area contributed by atoms with Crippen molar-refractivity contribution in [1.82, 2.24) is 4.98 Å². The van der Waals surface area contributed by atoms with Gasteiger partial charge in [0, 0.05) is 12.3 Å². The van der Waals surface area contributed by atoms with Crippen molar-refractivity contribution < 1.29 is 4.74 Å². The maximum atomic E-state index is 5.97. The standard InChI is InChI=1S/C10H14ClNO/c1-4-13-10-5-8(7(2)3)9(11)6-12-10/h5-7H,4H2,1-3H3. The van der Waals surface area contributed by atoms with E-state index in [2.05, 4.69) is 18.8 Å². The van der Waals surface area contributed by atoms with Crippen LogP contribution in [0.5, 0.6) is 5.88 Å². The molecule has 0 unspecified atom stereocenters. The zero-order valence-corrected chi connectivity index (χ0v) is 8.93. The highest BCUT2D eigenvalue weighted by molar-refractivity contribution is 6.31. The molecule has 0 spiro atoms. The molecule has 0 saturated heterocycles. The quantitative estimate of drug-likeness (QED) is 0.746. The van der Waals surface area contributed by atoms with Crippen LogP contribution < -0.4 is 4.74 Å². The van der Waals surface area contributed by atoms with E-state index in [1.165, 1.54) is 0 Å². The molecule has 0 aliphatic heterocycles. The minimum Gasteiger partial charge on any atom is -0.478 e. The second-order valence-electron chi connectivity index (χ2n) is 3.13. The van der Waals surface area contributed by atoms with Crippen LogP contribution in [-0.2, 0) is 0 Å². The second kappa shape index (κ2) is 4.47. The third-order valence-electron chi connectivity index (χ3n) is 1.77. The van der Waals surface area contributed by atoms with E-state index >= 15 is 0 Å². The van der Waals surface area contributed by atoms with Gasteiger partial charge >= 0.3 is 0 Å². The average molecular weight is 200 g/mol. The third kappa shape index (κ3) is 2.59. The molecule has 0 radical (unpaired) electrons. The molecule has 0 amide bonds. The summed E-state index contributed by atoms with van der Waals surface area (Å²) >= 11 is 5.97. The number of hydrogen-bond acceptors (Lipinski definition) is 2. The fourth-order valence-electron chi connectivity index (χ4n) is 1.10. The molecule has 0 saturated carbocycles. The number of aromatic nitrogens is 1. The molecule has 13 heavy (non-hydrogen) atoms. The van der Waals surface area contributed by atoms with Gasteiger partial charge in [-0.05, 0) is 18.4 Å². The Kier molecular flexibility index (Phi) is 3.55. The molecule has 0 N–H and O–H groups in total. The summed E-state index contributed by atoms with van der Waals surface area (Å²) < 4.78 is 5.28. The van der Waals surface area contributed by atoms with Gasteiger partial charge in [-0.1, -0.05) is 25.4 Å². The van der Waals surface area contributed by atoms with Crippen molar-refractivity contribution in [2.24, 2.45) is 0 Å². The monoisotopic (exact) mass is 199 g/mol. The van der Waals surface area contributed by atoms with Gasteiger partial charge in [0.15, 0.2) is 0 Å². The Morgan fingerprint density at radius 2 is 2.23 bits per heavy atom. The highest BCUT2D eigenvalue weighted by Gasteiger charge is 2.07. The van der Waals surface area contributed by atoms with E-state index in [4.69, 9.17) is 16.3 Å². The zero-order valence-electron chi connectivity index (χ0n) is 8.17. The number of nitrogens with zero attached hydrogens (tertiary/aromatic N) is 1. The molecule has 1 rings (SSSR count). The molecule has 1 aromatic rings. The molecular formula is C10H14ClNO. The van der Waals surface area contributed by atoms with Gasteiger partial charge < -0.3 is 4.74 Å². The van der Waals surface area contributed by atoms with Crippen molar-refractivity contribution in [3.63, 3.8) is 0 Å². The lowest BCUT2D eigenvalue weighted by atomic mass is 10.1. The van der Waals surface area contributed by atoms with E-state index in [9.17, 15) is 0 Å². The van der Waals surface area contributed by atoms with Crippen molar-refractivity contribution in [3.05, 3.63) is 22.8 Å². The molecule has 0 atom stereocenters. The van der Waals surface area contributed by atoms with E-state index in [0.717, 1.165) is 5.56 Å². The third-order valence-corrected chi connectivity index (χ3v) is 2.09. The normalized spacial score (nSPS) is 10.5. The van der Waals surface area contributed by atoms with Crippen LogP contribution in [0.1, 0.15) is 32.3 Å². The molecule has 0 bridgehead atoms. The van der Waals surface area contributed by atoms with Crippen LogP contribution in [0.4, 0.5) is 0 Å². The lowest BCUT2D eigenvalue weighted by molar-refractivity contribution is 0.326. The van der Waals surface area contributed by atoms with Crippen LogP contribution >= 0.6 is 11.6 Å². The lowest BCUT2D eigenvalue weighted by Gasteiger charge is -2.09. The molecule has 0 aromatic carbocycles. The molecule has 72 valence electrons. The molecular weight excluding hydrogens is 186 g/mol. The summed E-state index contributed by atoms with van der Waals surface area (Å²) in [6.45, 7) is 6.76. The van der Waals surface area contributed by atoms with Gasteiger partial charge in [-0.3, -0.25) is 0 Å². The van der Waals surface area contributed by atoms with Gasteiger partial charge in [0.2, 0.25) is 5.88 Å². The van der Waals surface area contributed by atoms with Gasteiger partial charge in [0.1, 0.15) is 0 Å². The first-order valence-electron chi connectivity index (χ1n) is 4.43. The highest BCUT2D eigenvalue weighted by atomic mass is 35.5.